The molecule has 1 aliphatic rings. The van der Waals surface area contributed by atoms with Gasteiger partial charge in [-0.1, -0.05) is 50.6 Å². The molecule has 1 aromatic rings. The molecule has 1 aliphatic heterocycles. The number of nitrogens with one attached hydrogen (secondary N) is 3. The van der Waals surface area contributed by atoms with E-state index >= 15 is 0 Å². The molecule has 0 aromatic heterocycles. The first-order valence-corrected chi connectivity index (χ1v) is 17.6. The van der Waals surface area contributed by atoms with Gasteiger partial charge in [0, 0.05) is 27.7 Å². The van der Waals surface area contributed by atoms with Crippen molar-refractivity contribution in [3.05, 3.63) is 35.9 Å². The maximum absolute atomic E-state index is 13.9. The van der Waals surface area contributed by atoms with Crippen LogP contribution in [-0.2, 0) is 68.5 Å². The lowest BCUT2D eigenvalue weighted by atomic mass is 9.96. The van der Waals surface area contributed by atoms with Crippen molar-refractivity contribution in [1.29, 1.82) is 0 Å². The molecule has 0 bridgehead atoms. The van der Waals surface area contributed by atoms with E-state index in [1.54, 1.807) is 37.3 Å². The van der Waals surface area contributed by atoms with E-state index in [2.05, 4.69) is 16.0 Å². The first kappa shape index (κ1) is 45.3. The van der Waals surface area contributed by atoms with Crippen molar-refractivity contribution >= 4 is 41.8 Å². The van der Waals surface area contributed by atoms with Crippen LogP contribution in [0.15, 0.2) is 30.3 Å². The molecule has 1 fully saturated rings. The van der Waals surface area contributed by atoms with Gasteiger partial charge in [-0.05, 0) is 11.5 Å². The highest BCUT2D eigenvalue weighted by molar-refractivity contribution is 5.90. The van der Waals surface area contributed by atoms with Crippen LogP contribution in [0.1, 0.15) is 53.5 Å². The standard InChI is InChI=1S/C36H54N4O14/c1-10-21(2)29(34(46)48-17-16-40(7,8)9)39-33(45)27(38-36(47)51-18-26-14-12-11-13-15-26)19-50-35-30(37-22(3)41)32(53-25(6)44)31(52-24(5)43)28(54-35)20-49-23(4)42/h11-15,21,27-32,35H,10,16-20H2,1-9H3,(H2-,37,38,39,41,45,47)/p+1/t21-,27-,28+,29-,30+,31+,32+,35+/m0/s1. The Morgan fingerprint density at radius 1 is 0.833 bits per heavy atom. The van der Waals surface area contributed by atoms with Crippen LogP contribution in [0.5, 0.6) is 0 Å². The summed E-state index contributed by atoms with van der Waals surface area (Å²) in [6.45, 7) is 7.42. The quantitative estimate of drug-likeness (QED) is 0.100. The first-order valence-electron chi connectivity index (χ1n) is 17.6. The molecule has 302 valence electrons. The van der Waals surface area contributed by atoms with Gasteiger partial charge < -0.3 is 53.6 Å². The monoisotopic (exact) mass is 767 g/mol. The van der Waals surface area contributed by atoms with E-state index in [4.69, 9.17) is 33.2 Å². The van der Waals surface area contributed by atoms with Gasteiger partial charge in [0.05, 0.1) is 27.7 Å². The number of nitrogens with zero attached hydrogens (tertiary/aromatic N) is 1. The predicted octanol–water partition coefficient (Wildman–Crippen LogP) is 0.734. The molecule has 0 radical (unpaired) electrons. The van der Waals surface area contributed by atoms with Gasteiger partial charge in [-0.2, -0.15) is 0 Å². The molecule has 0 aliphatic carbocycles. The topological polar surface area (TPSA) is 220 Å². The van der Waals surface area contributed by atoms with Crippen LogP contribution < -0.4 is 16.0 Å². The molecule has 1 heterocycles. The molecule has 1 aromatic carbocycles. The summed E-state index contributed by atoms with van der Waals surface area (Å²) in [6, 6.07) is 4.79. The van der Waals surface area contributed by atoms with Gasteiger partial charge in [0.2, 0.25) is 11.8 Å². The van der Waals surface area contributed by atoms with E-state index in [0.29, 0.717) is 23.0 Å². The minimum Gasteiger partial charge on any atom is -0.463 e. The maximum Gasteiger partial charge on any atom is 0.408 e. The fraction of sp³-hybridized carbons (Fsp3) is 0.639. The summed E-state index contributed by atoms with van der Waals surface area (Å²) in [5, 5.41) is 7.69. The van der Waals surface area contributed by atoms with Gasteiger partial charge in [0.25, 0.3) is 0 Å². The number of rotatable bonds is 19. The second kappa shape index (κ2) is 21.8. The average Bonchev–Trinajstić information content (AvgIpc) is 3.08. The summed E-state index contributed by atoms with van der Waals surface area (Å²) in [6.07, 6.45) is -6.16. The highest BCUT2D eigenvalue weighted by Crippen LogP contribution is 2.28. The van der Waals surface area contributed by atoms with Crippen molar-refractivity contribution in [2.24, 2.45) is 5.92 Å². The molecule has 3 N–H and O–H groups in total. The highest BCUT2D eigenvalue weighted by Gasteiger charge is 2.51. The van der Waals surface area contributed by atoms with Crippen LogP contribution in [0.2, 0.25) is 0 Å². The van der Waals surface area contributed by atoms with Crippen molar-refractivity contribution in [2.45, 2.75) is 97.3 Å². The van der Waals surface area contributed by atoms with Crippen LogP contribution in [-0.4, -0.2) is 137 Å². The molecule has 3 amide bonds. The number of esters is 4. The Balaban J connectivity index is 2.45. The van der Waals surface area contributed by atoms with Gasteiger partial charge in [-0.15, -0.1) is 0 Å². The second-order valence-corrected chi connectivity index (χ2v) is 13.9. The van der Waals surface area contributed by atoms with Gasteiger partial charge in [-0.3, -0.25) is 24.0 Å². The van der Waals surface area contributed by atoms with Crippen molar-refractivity contribution in [3.63, 3.8) is 0 Å². The van der Waals surface area contributed by atoms with Gasteiger partial charge in [-0.25, -0.2) is 9.59 Å². The number of carbonyl (C=O) groups excluding carboxylic acids is 7. The third-order valence-corrected chi connectivity index (χ3v) is 8.09. The Morgan fingerprint density at radius 2 is 1.46 bits per heavy atom. The zero-order valence-electron chi connectivity index (χ0n) is 32.4. The molecule has 2 rings (SSSR count). The maximum atomic E-state index is 13.9. The predicted molar refractivity (Wildman–Crippen MR) is 189 cm³/mol. The number of hydrogen-bond donors (Lipinski definition) is 3. The largest absolute Gasteiger partial charge is 0.463 e. The smallest absolute Gasteiger partial charge is 0.408 e. The molecule has 1 saturated heterocycles. The molecule has 8 atom stereocenters. The SMILES string of the molecule is CC[C@H](C)[C@H](NC(=O)[C@H](CO[C@@H]1O[C@H](COC(C)=O)[C@@H](OC(C)=O)[C@H](OC(C)=O)[C@H]1NC(C)=O)NC(=O)OCc1ccccc1)C(=O)OCC[N+](C)(C)C. The summed E-state index contributed by atoms with van der Waals surface area (Å²) in [5.74, 6) is -4.84. The molecule has 0 unspecified atom stereocenters. The number of alkyl carbamates (subject to hydrolysis) is 1. The van der Waals surface area contributed by atoms with E-state index in [0.717, 1.165) is 20.8 Å². The van der Waals surface area contributed by atoms with E-state index in [9.17, 15) is 33.6 Å². The van der Waals surface area contributed by atoms with Crippen LogP contribution in [0, 0.1) is 5.92 Å². The zero-order valence-corrected chi connectivity index (χ0v) is 32.4. The molecule has 0 spiro atoms. The van der Waals surface area contributed by atoms with Crippen molar-refractivity contribution in [3.8, 4) is 0 Å². The number of benzene rings is 1. The Labute approximate surface area is 315 Å². The van der Waals surface area contributed by atoms with E-state index in [-0.39, 0.29) is 19.1 Å². The third-order valence-electron chi connectivity index (χ3n) is 8.09. The number of amides is 3. The van der Waals surface area contributed by atoms with Crippen molar-refractivity contribution < 1.29 is 71.2 Å². The molecule has 0 saturated carbocycles. The van der Waals surface area contributed by atoms with Crippen LogP contribution >= 0.6 is 0 Å². The minimum absolute atomic E-state index is 0.0949. The Kier molecular flexibility index (Phi) is 18.3. The fourth-order valence-corrected chi connectivity index (χ4v) is 5.15. The summed E-state index contributed by atoms with van der Waals surface area (Å²) < 4.78 is 39.5. The molecule has 18 heteroatoms. The van der Waals surface area contributed by atoms with Crippen LogP contribution in [0.3, 0.4) is 0 Å². The van der Waals surface area contributed by atoms with Gasteiger partial charge in [0.1, 0.15) is 50.6 Å². The van der Waals surface area contributed by atoms with E-state index in [1.807, 2.05) is 28.1 Å². The Bertz CT molecular complexity index is 1440. The van der Waals surface area contributed by atoms with E-state index in [1.165, 1.54) is 6.92 Å². The van der Waals surface area contributed by atoms with E-state index < -0.39 is 97.7 Å². The first-order chi connectivity index (χ1) is 25.3. The average molecular weight is 768 g/mol. The molecular weight excluding hydrogens is 712 g/mol. The second-order valence-electron chi connectivity index (χ2n) is 13.9. The molecular formula is C36H55N4O14+. The Morgan fingerprint density at radius 3 is 2.02 bits per heavy atom. The third kappa shape index (κ3) is 16.1. The summed E-state index contributed by atoms with van der Waals surface area (Å²) >= 11 is 0. The number of carbonyl (C=O) groups is 7. The number of ether oxygens (including phenoxy) is 7. The van der Waals surface area contributed by atoms with Crippen molar-refractivity contribution in [1.82, 2.24) is 16.0 Å². The molecule has 18 nitrogen and oxygen atoms in total. The van der Waals surface area contributed by atoms with Crippen LogP contribution in [0.25, 0.3) is 0 Å². The summed E-state index contributed by atoms with van der Waals surface area (Å²) in [5.41, 5.74) is 0.671. The summed E-state index contributed by atoms with van der Waals surface area (Å²) in [4.78, 5) is 88.7. The highest BCUT2D eigenvalue weighted by atomic mass is 16.7. The number of likely N-dealkylation sites (N-methyl/N-ethyl adjacent to an activating group) is 1. The van der Waals surface area contributed by atoms with Gasteiger partial charge >= 0.3 is 30.0 Å². The normalized spacial score (nSPS) is 21.2. The Hall–Kier alpha value is -4.81. The number of hydrogen-bond acceptors (Lipinski definition) is 14. The minimum atomic E-state index is -1.55. The van der Waals surface area contributed by atoms with Crippen molar-refractivity contribution in [2.75, 3.05) is 47.5 Å². The number of quaternary nitrogens is 1. The summed E-state index contributed by atoms with van der Waals surface area (Å²) in [7, 11) is 5.81. The zero-order chi connectivity index (χ0) is 40.6. The molecule has 54 heavy (non-hydrogen) atoms. The lowest BCUT2D eigenvalue weighted by molar-refractivity contribution is -0.870. The van der Waals surface area contributed by atoms with Crippen LogP contribution in [0.4, 0.5) is 4.79 Å². The fourth-order valence-electron chi connectivity index (χ4n) is 5.15. The lowest BCUT2D eigenvalue weighted by Gasteiger charge is -2.45. The van der Waals surface area contributed by atoms with Gasteiger partial charge in [0.15, 0.2) is 18.5 Å². The lowest BCUT2D eigenvalue weighted by Crippen LogP contribution is -2.67.